The average Bonchev–Trinajstić information content (AvgIpc) is 2.46. The molecular formula is C12H21IN6. The zero-order chi connectivity index (χ0) is 12.8. The van der Waals surface area contributed by atoms with Gasteiger partial charge in [0.2, 0.25) is 5.95 Å². The van der Waals surface area contributed by atoms with Crippen molar-refractivity contribution in [1.29, 1.82) is 0 Å². The fourth-order valence-corrected chi connectivity index (χ4v) is 2.20. The van der Waals surface area contributed by atoms with Gasteiger partial charge in [-0.1, -0.05) is 0 Å². The predicted octanol–water partition coefficient (Wildman–Crippen LogP) is 0.845. The summed E-state index contributed by atoms with van der Waals surface area (Å²) in [6.07, 6.45) is 5.93. The lowest BCUT2D eigenvalue weighted by Crippen LogP contribution is -2.43. The number of piperidine rings is 1. The van der Waals surface area contributed by atoms with E-state index >= 15 is 0 Å². The second-order valence-electron chi connectivity index (χ2n) is 4.49. The van der Waals surface area contributed by atoms with E-state index in [2.05, 4.69) is 25.2 Å². The number of nitrogens with two attached hydrogens (primary N) is 1. The van der Waals surface area contributed by atoms with Crippen LogP contribution in [0.15, 0.2) is 23.5 Å². The number of halogens is 1. The van der Waals surface area contributed by atoms with Gasteiger partial charge >= 0.3 is 0 Å². The second-order valence-corrected chi connectivity index (χ2v) is 4.49. The minimum atomic E-state index is 0. The molecule has 1 saturated heterocycles. The van der Waals surface area contributed by atoms with Gasteiger partial charge < -0.3 is 16.0 Å². The quantitative estimate of drug-likeness (QED) is 0.465. The van der Waals surface area contributed by atoms with Crippen LogP contribution >= 0.6 is 24.0 Å². The maximum atomic E-state index is 5.64. The van der Waals surface area contributed by atoms with Crippen LogP contribution in [0.2, 0.25) is 0 Å². The molecule has 2 rings (SSSR count). The van der Waals surface area contributed by atoms with Gasteiger partial charge in [-0.05, 0) is 24.8 Å². The van der Waals surface area contributed by atoms with E-state index in [9.17, 15) is 0 Å². The molecule has 7 heteroatoms. The molecule has 0 aliphatic carbocycles. The van der Waals surface area contributed by atoms with Crippen LogP contribution in [0.1, 0.15) is 12.8 Å². The standard InChI is InChI=1S/C12H20N6.HI/c1-14-11(13)17-8-10-4-2-7-18(9-10)12-15-5-3-6-16-12;/h3,5-6,10H,2,4,7-9H2,1H3,(H3,13,14,17);1H. The van der Waals surface area contributed by atoms with E-state index in [4.69, 9.17) is 5.73 Å². The lowest BCUT2D eigenvalue weighted by molar-refractivity contribution is 0.407. The predicted molar refractivity (Wildman–Crippen MR) is 87.9 cm³/mol. The Morgan fingerprint density at radius 2 is 2.26 bits per heavy atom. The van der Waals surface area contributed by atoms with Crippen LogP contribution in [0.3, 0.4) is 0 Å². The summed E-state index contributed by atoms with van der Waals surface area (Å²) in [5.41, 5.74) is 5.64. The number of aromatic nitrogens is 2. The molecule has 1 aliphatic rings. The molecule has 0 bridgehead atoms. The van der Waals surface area contributed by atoms with E-state index in [1.54, 1.807) is 19.4 Å². The topological polar surface area (TPSA) is 79.4 Å². The summed E-state index contributed by atoms with van der Waals surface area (Å²) in [7, 11) is 1.69. The molecule has 0 spiro atoms. The van der Waals surface area contributed by atoms with Crippen molar-refractivity contribution < 1.29 is 0 Å². The summed E-state index contributed by atoms with van der Waals surface area (Å²) in [4.78, 5) is 14.7. The summed E-state index contributed by atoms with van der Waals surface area (Å²) < 4.78 is 0. The van der Waals surface area contributed by atoms with E-state index in [0.29, 0.717) is 11.9 Å². The van der Waals surface area contributed by atoms with Crippen LogP contribution in [0.4, 0.5) is 5.95 Å². The van der Waals surface area contributed by atoms with Gasteiger partial charge in [0.25, 0.3) is 0 Å². The van der Waals surface area contributed by atoms with Crippen molar-refractivity contribution in [2.24, 2.45) is 16.6 Å². The van der Waals surface area contributed by atoms with E-state index in [0.717, 1.165) is 32.0 Å². The van der Waals surface area contributed by atoms with Crippen molar-refractivity contribution in [3.8, 4) is 0 Å². The molecule has 106 valence electrons. The van der Waals surface area contributed by atoms with Crippen LogP contribution in [0.25, 0.3) is 0 Å². The van der Waals surface area contributed by atoms with Gasteiger partial charge in [-0.15, -0.1) is 24.0 Å². The molecule has 6 nitrogen and oxygen atoms in total. The molecule has 1 aromatic heterocycles. The summed E-state index contributed by atoms with van der Waals surface area (Å²) in [5, 5.41) is 3.13. The van der Waals surface area contributed by atoms with Crippen LogP contribution in [-0.2, 0) is 0 Å². The monoisotopic (exact) mass is 376 g/mol. The highest BCUT2D eigenvalue weighted by atomic mass is 127. The van der Waals surface area contributed by atoms with Crippen molar-refractivity contribution in [3.05, 3.63) is 18.5 Å². The molecule has 2 heterocycles. The van der Waals surface area contributed by atoms with Crippen molar-refractivity contribution >= 4 is 35.9 Å². The molecule has 1 atom stereocenters. The molecule has 19 heavy (non-hydrogen) atoms. The molecule has 1 unspecified atom stereocenters. The lowest BCUT2D eigenvalue weighted by Gasteiger charge is -2.32. The van der Waals surface area contributed by atoms with Gasteiger partial charge in [-0.3, -0.25) is 4.99 Å². The number of aliphatic imine (C=N–C) groups is 1. The van der Waals surface area contributed by atoms with Crippen LogP contribution in [-0.4, -0.2) is 42.6 Å². The van der Waals surface area contributed by atoms with Crippen LogP contribution in [0.5, 0.6) is 0 Å². The molecule has 0 radical (unpaired) electrons. The van der Waals surface area contributed by atoms with Gasteiger partial charge in [0.05, 0.1) is 0 Å². The Morgan fingerprint density at radius 1 is 1.53 bits per heavy atom. The molecular weight excluding hydrogens is 355 g/mol. The molecule has 0 aromatic carbocycles. The molecule has 0 saturated carbocycles. The summed E-state index contributed by atoms with van der Waals surface area (Å²) in [6.45, 7) is 2.85. The van der Waals surface area contributed by atoms with E-state index in [-0.39, 0.29) is 24.0 Å². The summed E-state index contributed by atoms with van der Waals surface area (Å²) in [6, 6.07) is 1.84. The Bertz CT molecular complexity index is 396. The SMILES string of the molecule is CN=C(N)NCC1CCCN(c2ncccn2)C1.I. The molecule has 1 fully saturated rings. The highest BCUT2D eigenvalue weighted by Gasteiger charge is 2.21. The first-order chi connectivity index (χ1) is 8.79. The minimum absolute atomic E-state index is 0. The number of hydrogen-bond acceptors (Lipinski definition) is 4. The number of rotatable bonds is 3. The summed E-state index contributed by atoms with van der Waals surface area (Å²) >= 11 is 0. The first kappa shape index (κ1) is 15.9. The van der Waals surface area contributed by atoms with E-state index < -0.39 is 0 Å². The maximum Gasteiger partial charge on any atom is 0.225 e. The van der Waals surface area contributed by atoms with Gasteiger partial charge in [0.15, 0.2) is 5.96 Å². The number of hydrogen-bond donors (Lipinski definition) is 2. The average molecular weight is 376 g/mol. The zero-order valence-corrected chi connectivity index (χ0v) is 13.4. The van der Waals surface area contributed by atoms with Crippen molar-refractivity contribution in [2.75, 3.05) is 31.6 Å². The van der Waals surface area contributed by atoms with Gasteiger partial charge in [-0.2, -0.15) is 0 Å². The highest BCUT2D eigenvalue weighted by molar-refractivity contribution is 14.0. The van der Waals surface area contributed by atoms with Crippen molar-refractivity contribution in [2.45, 2.75) is 12.8 Å². The smallest absolute Gasteiger partial charge is 0.225 e. The number of nitrogens with zero attached hydrogens (tertiary/aromatic N) is 4. The Hall–Kier alpha value is -1.12. The third kappa shape index (κ3) is 4.81. The van der Waals surface area contributed by atoms with Gasteiger partial charge in [-0.25, -0.2) is 9.97 Å². The Kier molecular flexibility index (Phi) is 6.82. The van der Waals surface area contributed by atoms with Crippen molar-refractivity contribution in [1.82, 2.24) is 15.3 Å². The largest absolute Gasteiger partial charge is 0.370 e. The molecule has 1 aliphatic heterocycles. The Labute approximate surface area is 130 Å². The normalized spacial score (nSPS) is 19.7. The van der Waals surface area contributed by atoms with Gasteiger partial charge in [0.1, 0.15) is 0 Å². The third-order valence-electron chi connectivity index (χ3n) is 3.17. The Balaban J connectivity index is 0.00000180. The van der Waals surface area contributed by atoms with E-state index in [1.807, 2.05) is 6.07 Å². The molecule has 1 aromatic rings. The van der Waals surface area contributed by atoms with Crippen LogP contribution < -0.4 is 16.0 Å². The molecule has 0 amide bonds. The Morgan fingerprint density at radius 3 is 2.95 bits per heavy atom. The highest BCUT2D eigenvalue weighted by Crippen LogP contribution is 2.19. The lowest BCUT2D eigenvalue weighted by atomic mass is 9.98. The first-order valence-corrected chi connectivity index (χ1v) is 6.27. The third-order valence-corrected chi connectivity index (χ3v) is 3.17. The van der Waals surface area contributed by atoms with Crippen molar-refractivity contribution in [3.63, 3.8) is 0 Å². The molecule has 3 N–H and O–H groups in total. The number of guanidine groups is 1. The number of nitrogens with one attached hydrogen (secondary N) is 1. The number of anilines is 1. The van der Waals surface area contributed by atoms with Crippen LogP contribution in [0, 0.1) is 5.92 Å². The van der Waals surface area contributed by atoms with E-state index in [1.165, 1.54) is 6.42 Å². The fraction of sp³-hybridized carbons (Fsp3) is 0.583. The summed E-state index contributed by atoms with van der Waals surface area (Å²) in [5.74, 6) is 1.88. The van der Waals surface area contributed by atoms with Gasteiger partial charge in [0, 0.05) is 39.1 Å². The second kappa shape index (κ2) is 8.13. The fourth-order valence-electron chi connectivity index (χ4n) is 2.20. The maximum absolute atomic E-state index is 5.64. The first-order valence-electron chi connectivity index (χ1n) is 6.27. The minimum Gasteiger partial charge on any atom is -0.370 e. The zero-order valence-electron chi connectivity index (χ0n) is 11.1.